The molecular weight excluding hydrogens is 374 g/mol. The van der Waals surface area contributed by atoms with Crippen LogP contribution in [0.25, 0.3) is 0 Å². The van der Waals surface area contributed by atoms with E-state index in [1.807, 2.05) is 4.90 Å². The number of carbonyl (C=O) groups excluding carboxylic acids is 1. The number of carbonyl (C=O) groups is 1. The van der Waals surface area contributed by atoms with Gasteiger partial charge in [0.25, 0.3) is 5.91 Å². The molecule has 0 bridgehead atoms. The highest BCUT2D eigenvalue weighted by Gasteiger charge is 2.32. The van der Waals surface area contributed by atoms with Crippen LogP contribution in [0.5, 0.6) is 0 Å². The van der Waals surface area contributed by atoms with Gasteiger partial charge in [-0.25, -0.2) is 8.42 Å². The predicted octanol–water partition coefficient (Wildman–Crippen LogP) is 2.52. The van der Waals surface area contributed by atoms with Gasteiger partial charge in [0.15, 0.2) is 0 Å². The van der Waals surface area contributed by atoms with Crippen LogP contribution in [-0.4, -0.2) is 74.2 Å². The van der Waals surface area contributed by atoms with Gasteiger partial charge in [-0.3, -0.25) is 9.69 Å². The van der Waals surface area contributed by atoms with Crippen LogP contribution in [-0.2, 0) is 10.0 Å². The average Bonchev–Trinajstić information content (AvgIpc) is 2.67. The Bertz CT molecular complexity index is 778. The molecule has 28 heavy (non-hydrogen) atoms. The molecular formula is C21H33N3O3S. The summed E-state index contributed by atoms with van der Waals surface area (Å²) in [6, 6.07) is 6.57. The molecule has 2 aliphatic rings. The Morgan fingerprint density at radius 1 is 1.07 bits per heavy atom. The highest BCUT2D eigenvalue weighted by atomic mass is 32.2. The van der Waals surface area contributed by atoms with Gasteiger partial charge in [-0.15, -0.1) is 0 Å². The molecule has 1 aromatic rings. The minimum atomic E-state index is -3.58. The van der Waals surface area contributed by atoms with Crippen LogP contribution in [0.1, 0.15) is 44.0 Å². The lowest BCUT2D eigenvalue weighted by Crippen LogP contribution is -2.48. The number of nitrogens with zero attached hydrogens (tertiary/aromatic N) is 3. The predicted molar refractivity (Wildman–Crippen MR) is 111 cm³/mol. The Kier molecular flexibility index (Phi) is 6.78. The van der Waals surface area contributed by atoms with Crippen molar-refractivity contribution in [1.29, 1.82) is 0 Å². The van der Waals surface area contributed by atoms with Crippen molar-refractivity contribution in [1.82, 2.24) is 14.1 Å². The number of hydrogen-bond acceptors (Lipinski definition) is 4. The first-order chi connectivity index (χ1) is 13.3. The van der Waals surface area contributed by atoms with Gasteiger partial charge in [0, 0.05) is 44.8 Å². The second-order valence-corrected chi connectivity index (χ2v) is 10.4. The summed E-state index contributed by atoms with van der Waals surface area (Å²) in [6.45, 7) is 11.6. The van der Waals surface area contributed by atoms with E-state index < -0.39 is 10.0 Å². The molecule has 1 amide bonds. The lowest BCUT2D eigenvalue weighted by atomic mass is 9.94. The molecule has 0 N–H and O–H groups in total. The molecule has 2 atom stereocenters. The highest BCUT2D eigenvalue weighted by Crippen LogP contribution is 2.27. The molecule has 3 rings (SSSR count). The highest BCUT2D eigenvalue weighted by molar-refractivity contribution is 7.89. The van der Waals surface area contributed by atoms with E-state index in [0.717, 1.165) is 32.5 Å². The third-order valence-corrected chi connectivity index (χ3v) is 7.58. The molecule has 0 radical (unpaired) electrons. The lowest BCUT2D eigenvalue weighted by molar-refractivity contribution is 0.0637. The molecule has 1 aromatic carbocycles. The van der Waals surface area contributed by atoms with E-state index in [1.54, 1.807) is 28.6 Å². The fraction of sp³-hybridized carbons (Fsp3) is 0.667. The summed E-state index contributed by atoms with van der Waals surface area (Å²) in [4.78, 5) is 17.3. The van der Waals surface area contributed by atoms with Crippen LogP contribution in [0.4, 0.5) is 0 Å². The van der Waals surface area contributed by atoms with Crippen molar-refractivity contribution in [2.75, 3.05) is 45.8 Å². The Balaban J connectivity index is 1.74. The number of sulfonamides is 1. The third-order valence-electron chi connectivity index (χ3n) is 5.75. The van der Waals surface area contributed by atoms with Crippen LogP contribution in [0.15, 0.2) is 29.2 Å². The maximum Gasteiger partial charge on any atom is 0.253 e. The second kappa shape index (κ2) is 8.93. The van der Waals surface area contributed by atoms with Crippen molar-refractivity contribution >= 4 is 15.9 Å². The van der Waals surface area contributed by atoms with E-state index in [0.29, 0.717) is 43.6 Å². The zero-order chi connectivity index (χ0) is 20.3. The summed E-state index contributed by atoms with van der Waals surface area (Å²) < 4.78 is 27.9. The van der Waals surface area contributed by atoms with Gasteiger partial charge in [0.2, 0.25) is 10.0 Å². The van der Waals surface area contributed by atoms with Crippen molar-refractivity contribution in [3.8, 4) is 0 Å². The van der Waals surface area contributed by atoms with Crippen LogP contribution in [0, 0.1) is 11.8 Å². The minimum absolute atomic E-state index is 0.0754. The van der Waals surface area contributed by atoms with Crippen LogP contribution in [0.2, 0.25) is 0 Å². The van der Waals surface area contributed by atoms with E-state index in [1.165, 1.54) is 0 Å². The van der Waals surface area contributed by atoms with Crippen molar-refractivity contribution in [2.24, 2.45) is 11.8 Å². The molecule has 2 unspecified atom stereocenters. The number of hydrogen-bond donors (Lipinski definition) is 0. The zero-order valence-corrected chi connectivity index (χ0v) is 18.1. The first-order valence-corrected chi connectivity index (χ1v) is 11.9. The normalized spacial score (nSPS) is 25.0. The van der Waals surface area contributed by atoms with Gasteiger partial charge in [0.1, 0.15) is 0 Å². The summed E-state index contributed by atoms with van der Waals surface area (Å²) in [5, 5.41) is 0. The first-order valence-electron chi connectivity index (χ1n) is 10.4. The van der Waals surface area contributed by atoms with Gasteiger partial charge >= 0.3 is 0 Å². The fourth-order valence-corrected chi connectivity index (χ4v) is 6.14. The maximum atomic E-state index is 13.1. The summed E-state index contributed by atoms with van der Waals surface area (Å²) >= 11 is 0. The minimum Gasteiger partial charge on any atom is -0.336 e. The van der Waals surface area contributed by atoms with E-state index >= 15 is 0 Å². The van der Waals surface area contributed by atoms with Crippen molar-refractivity contribution in [3.05, 3.63) is 29.8 Å². The Labute approximate surface area is 169 Å². The topological polar surface area (TPSA) is 60.9 Å². The molecule has 2 aliphatic heterocycles. The molecule has 6 nitrogen and oxygen atoms in total. The quantitative estimate of drug-likeness (QED) is 0.753. The van der Waals surface area contributed by atoms with Crippen molar-refractivity contribution < 1.29 is 13.2 Å². The molecule has 0 spiro atoms. The number of piperidine rings is 1. The van der Waals surface area contributed by atoms with E-state index in [-0.39, 0.29) is 10.8 Å². The molecule has 0 aromatic heterocycles. The third kappa shape index (κ3) is 4.75. The van der Waals surface area contributed by atoms with Gasteiger partial charge in [-0.1, -0.05) is 26.8 Å². The van der Waals surface area contributed by atoms with Crippen molar-refractivity contribution in [2.45, 2.75) is 38.5 Å². The van der Waals surface area contributed by atoms with E-state index in [9.17, 15) is 13.2 Å². The Morgan fingerprint density at radius 3 is 2.32 bits per heavy atom. The van der Waals surface area contributed by atoms with Gasteiger partial charge in [0.05, 0.1) is 4.90 Å². The standard InChI is InChI=1S/C21H33N3O3S/c1-4-8-22-9-11-23(12-10-22)21(25)19-6-5-7-20(14-19)28(26,27)24-15-17(2)13-18(3)16-24/h5-7,14,17-18H,4,8-13,15-16H2,1-3H3. The van der Waals surface area contributed by atoms with E-state index in [2.05, 4.69) is 25.7 Å². The molecule has 2 heterocycles. The molecule has 2 saturated heterocycles. The molecule has 2 fully saturated rings. The SMILES string of the molecule is CCCN1CCN(C(=O)c2cccc(S(=O)(=O)N3CC(C)CC(C)C3)c2)CC1. The number of piperazine rings is 1. The summed E-state index contributed by atoms with van der Waals surface area (Å²) in [6.07, 6.45) is 2.16. The summed E-state index contributed by atoms with van der Waals surface area (Å²) in [7, 11) is -3.58. The first kappa shape index (κ1) is 21.3. The second-order valence-electron chi connectivity index (χ2n) is 8.43. The number of rotatable bonds is 5. The van der Waals surface area contributed by atoms with Crippen molar-refractivity contribution in [3.63, 3.8) is 0 Å². The Hall–Kier alpha value is -1.44. The average molecular weight is 408 g/mol. The largest absolute Gasteiger partial charge is 0.336 e. The van der Waals surface area contributed by atoms with Crippen LogP contribution < -0.4 is 0 Å². The lowest BCUT2D eigenvalue weighted by Gasteiger charge is -2.35. The van der Waals surface area contributed by atoms with Gasteiger partial charge in [-0.05, 0) is 49.4 Å². The van der Waals surface area contributed by atoms with Crippen LogP contribution >= 0.6 is 0 Å². The smallest absolute Gasteiger partial charge is 0.253 e. The van der Waals surface area contributed by atoms with Gasteiger partial charge < -0.3 is 4.90 Å². The summed E-state index contributed by atoms with van der Waals surface area (Å²) in [5.74, 6) is 0.624. The van der Waals surface area contributed by atoms with Gasteiger partial charge in [-0.2, -0.15) is 4.31 Å². The summed E-state index contributed by atoms with van der Waals surface area (Å²) in [5.41, 5.74) is 0.461. The van der Waals surface area contributed by atoms with Crippen LogP contribution in [0.3, 0.4) is 0 Å². The number of amides is 1. The maximum absolute atomic E-state index is 13.1. The number of benzene rings is 1. The van der Waals surface area contributed by atoms with E-state index in [4.69, 9.17) is 0 Å². The molecule has 156 valence electrons. The fourth-order valence-electron chi connectivity index (χ4n) is 4.41. The Morgan fingerprint density at radius 2 is 1.71 bits per heavy atom. The molecule has 0 saturated carbocycles. The molecule has 7 heteroatoms. The molecule has 0 aliphatic carbocycles. The monoisotopic (exact) mass is 407 g/mol. The zero-order valence-electron chi connectivity index (χ0n) is 17.3.